The van der Waals surface area contributed by atoms with Crippen molar-refractivity contribution in [3.8, 4) is 0 Å². The van der Waals surface area contributed by atoms with Crippen molar-refractivity contribution in [3.63, 3.8) is 0 Å². The van der Waals surface area contributed by atoms with Gasteiger partial charge in [0.05, 0.1) is 10.8 Å². The monoisotopic (exact) mass is 310 g/mol. The summed E-state index contributed by atoms with van der Waals surface area (Å²) >= 11 is 3.41. The highest BCUT2D eigenvalue weighted by molar-refractivity contribution is 9.08. The molecule has 0 aliphatic heterocycles. The van der Waals surface area contributed by atoms with Gasteiger partial charge in [0.15, 0.2) is 0 Å². The zero-order chi connectivity index (χ0) is 12.1. The van der Waals surface area contributed by atoms with Crippen LogP contribution in [0.1, 0.15) is 24.8 Å². The van der Waals surface area contributed by atoms with Gasteiger partial charge in [0, 0.05) is 15.1 Å². The first-order valence-electron chi connectivity index (χ1n) is 5.74. The molecule has 0 saturated heterocycles. The number of allylic oxidation sites excluding steroid dienone is 3. The molecule has 0 heterocycles. The maximum atomic E-state index is 12.3. The highest BCUT2D eigenvalue weighted by Gasteiger charge is 2.08. The van der Waals surface area contributed by atoms with E-state index in [9.17, 15) is 4.21 Å². The molecule has 1 aromatic rings. The van der Waals surface area contributed by atoms with Crippen molar-refractivity contribution in [2.45, 2.75) is 29.5 Å². The number of alkyl halides is 1. The largest absolute Gasteiger partial charge is 0.249 e. The van der Waals surface area contributed by atoms with Crippen LogP contribution in [0, 0.1) is 0 Å². The van der Waals surface area contributed by atoms with E-state index in [0.717, 1.165) is 34.4 Å². The summed E-state index contributed by atoms with van der Waals surface area (Å²) in [5, 5.41) is 0.836. The van der Waals surface area contributed by atoms with Gasteiger partial charge in [0.2, 0.25) is 0 Å². The predicted octanol–water partition coefficient (Wildman–Crippen LogP) is 4.31. The van der Waals surface area contributed by atoms with Gasteiger partial charge in [0.25, 0.3) is 0 Å². The van der Waals surface area contributed by atoms with E-state index in [4.69, 9.17) is 0 Å². The van der Waals surface area contributed by atoms with Gasteiger partial charge in [-0.15, -0.1) is 0 Å². The van der Waals surface area contributed by atoms with Crippen molar-refractivity contribution in [3.05, 3.63) is 53.0 Å². The van der Waals surface area contributed by atoms with Crippen LogP contribution in [-0.2, 0) is 16.1 Å². The average Bonchev–Trinajstić information content (AvgIpc) is 2.67. The minimum absolute atomic E-state index is 0.836. The first kappa shape index (κ1) is 12.8. The summed E-state index contributed by atoms with van der Waals surface area (Å²) in [6.07, 6.45) is 9.47. The first-order chi connectivity index (χ1) is 8.31. The van der Waals surface area contributed by atoms with E-state index in [0.29, 0.717) is 0 Å². The number of benzene rings is 1. The fraction of sp³-hybridized carbons (Fsp3) is 0.286. The topological polar surface area (TPSA) is 17.1 Å². The number of halogens is 1. The van der Waals surface area contributed by atoms with Gasteiger partial charge in [0.1, 0.15) is 0 Å². The lowest BCUT2D eigenvalue weighted by molar-refractivity contribution is 0.687. The molecule has 1 atom stereocenters. The van der Waals surface area contributed by atoms with E-state index in [1.165, 1.54) is 5.56 Å². The highest BCUT2D eigenvalue weighted by atomic mass is 79.9. The minimum Gasteiger partial charge on any atom is -0.249 e. The second-order valence-electron chi connectivity index (χ2n) is 3.99. The molecule has 0 aromatic heterocycles. The molecule has 1 aliphatic rings. The summed E-state index contributed by atoms with van der Waals surface area (Å²) < 4.78 is 12.3. The zero-order valence-corrected chi connectivity index (χ0v) is 12.0. The summed E-state index contributed by atoms with van der Waals surface area (Å²) in [5.74, 6) is 0. The molecule has 90 valence electrons. The smallest absolute Gasteiger partial charge is 0.0846 e. The van der Waals surface area contributed by atoms with Crippen LogP contribution in [0.4, 0.5) is 0 Å². The second kappa shape index (κ2) is 6.31. The Balaban J connectivity index is 2.20. The fourth-order valence-corrected chi connectivity index (χ4v) is 3.24. The Morgan fingerprint density at radius 1 is 1.18 bits per heavy atom. The molecule has 3 heteroatoms. The molecule has 0 amide bonds. The Hall–Kier alpha value is -0.670. The Labute approximate surface area is 113 Å². The van der Waals surface area contributed by atoms with E-state index in [1.54, 1.807) is 0 Å². The maximum Gasteiger partial charge on any atom is 0.0846 e. The lowest BCUT2D eigenvalue weighted by Gasteiger charge is -2.03. The van der Waals surface area contributed by atoms with Crippen LogP contribution < -0.4 is 0 Å². The van der Waals surface area contributed by atoms with Crippen LogP contribution in [0.2, 0.25) is 0 Å². The molecular formula is C14H15BrOS. The van der Waals surface area contributed by atoms with Crippen LogP contribution in [0.15, 0.2) is 52.3 Å². The van der Waals surface area contributed by atoms with Gasteiger partial charge >= 0.3 is 0 Å². The van der Waals surface area contributed by atoms with E-state index in [-0.39, 0.29) is 0 Å². The van der Waals surface area contributed by atoms with Crippen molar-refractivity contribution >= 4 is 26.7 Å². The molecule has 0 spiro atoms. The molecule has 1 aromatic carbocycles. The molecule has 1 unspecified atom stereocenters. The Morgan fingerprint density at radius 2 is 1.94 bits per heavy atom. The number of hydrogen-bond acceptors (Lipinski definition) is 1. The summed E-state index contributed by atoms with van der Waals surface area (Å²) in [6, 6.07) is 7.93. The average molecular weight is 311 g/mol. The molecular weight excluding hydrogens is 296 g/mol. The Kier molecular flexibility index (Phi) is 4.75. The highest BCUT2D eigenvalue weighted by Crippen LogP contribution is 2.20. The van der Waals surface area contributed by atoms with Crippen molar-refractivity contribution < 1.29 is 4.21 Å². The fourth-order valence-electron chi connectivity index (χ4n) is 1.72. The SMILES string of the molecule is O=S(C1=CCCCC=C1)c1ccc(CBr)cc1. The summed E-state index contributed by atoms with van der Waals surface area (Å²) in [5.41, 5.74) is 1.20. The lowest BCUT2D eigenvalue weighted by Crippen LogP contribution is -1.94. The third-order valence-electron chi connectivity index (χ3n) is 2.71. The van der Waals surface area contributed by atoms with Crippen molar-refractivity contribution in [2.24, 2.45) is 0 Å². The van der Waals surface area contributed by atoms with Crippen LogP contribution in [0.25, 0.3) is 0 Å². The van der Waals surface area contributed by atoms with Crippen molar-refractivity contribution in [1.82, 2.24) is 0 Å². The lowest BCUT2D eigenvalue weighted by atomic mass is 10.2. The molecule has 1 aliphatic carbocycles. The molecule has 17 heavy (non-hydrogen) atoms. The van der Waals surface area contributed by atoms with Gasteiger partial charge < -0.3 is 0 Å². The van der Waals surface area contributed by atoms with Gasteiger partial charge in [-0.25, -0.2) is 4.21 Å². The molecule has 1 nitrogen and oxygen atoms in total. The van der Waals surface area contributed by atoms with E-state index >= 15 is 0 Å². The van der Waals surface area contributed by atoms with Crippen LogP contribution in [0.5, 0.6) is 0 Å². The van der Waals surface area contributed by atoms with Crippen molar-refractivity contribution in [1.29, 1.82) is 0 Å². The van der Waals surface area contributed by atoms with Crippen molar-refractivity contribution in [2.75, 3.05) is 0 Å². The Bertz CT molecular complexity index is 460. The number of rotatable bonds is 3. The Morgan fingerprint density at radius 3 is 2.65 bits per heavy atom. The minimum atomic E-state index is -1.03. The first-order valence-corrected chi connectivity index (χ1v) is 8.02. The normalized spacial score (nSPS) is 17.4. The van der Waals surface area contributed by atoms with Crippen LogP contribution in [-0.4, -0.2) is 4.21 Å². The van der Waals surface area contributed by atoms with Gasteiger partial charge in [-0.2, -0.15) is 0 Å². The third-order valence-corrected chi connectivity index (χ3v) is 4.79. The van der Waals surface area contributed by atoms with Gasteiger partial charge in [-0.3, -0.25) is 0 Å². The standard InChI is InChI=1S/C14H15BrOS/c15-11-12-7-9-14(10-8-12)17(16)13-5-3-1-2-4-6-13/h3,5-10H,1-2,4,11H2. The second-order valence-corrected chi connectivity index (χ2v) is 6.03. The molecule has 0 bridgehead atoms. The molecule has 0 radical (unpaired) electrons. The molecule has 0 saturated carbocycles. The van der Waals surface area contributed by atoms with Crippen LogP contribution >= 0.6 is 15.9 Å². The predicted molar refractivity (Wildman–Crippen MR) is 76.6 cm³/mol. The summed E-state index contributed by atoms with van der Waals surface area (Å²) in [6.45, 7) is 0. The van der Waals surface area contributed by atoms with Crippen LogP contribution in [0.3, 0.4) is 0 Å². The third kappa shape index (κ3) is 3.39. The van der Waals surface area contributed by atoms with E-state index in [1.807, 2.05) is 30.3 Å². The molecule has 0 fully saturated rings. The molecule has 0 N–H and O–H groups in total. The summed E-state index contributed by atoms with van der Waals surface area (Å²) in [4.78, 5) is 1.82. The van der Waals surface area contributed by atoms with Gasteiger partial charge in [-0.05, 0) is 43.0 Å². The van der Waals surface area contributed by atoms with E-state index < -0.39 is 10.8 Å². The number of hydrogen-bond donors (Lipinski definition) is 0. The van der Waals surface area contributed by atoms with E-state index in [2.05, 4.69) is 28.1 Å². The maximum absolute atomic E-state index is 12.3. The quantitative estimate of drug-likeness (QED) is 0.760. The summed E-state index contributed by atoms with van der Waals surface area (Å²) in [7, 11) is -1.03. The van der Waals surface area contributed by atoms with Gasteiger partial charge in [-0.1, -0.05) is 40.2 Å². The molecule has 2 rings (SSSR count). The zero-order valence-electron chi connectivity index (χ0n) is 9.56.